The van der Waals surface area contributed by atoms with Gasteiger partial charge in [-0.1, -0.05) is 20.8 Å². The molecule has 3 N–H and O–H groups in total. The summed E-state index contributed by atoms with van der Waals surface area (Å²) in [6, 6.07) is 3.03. The Morgan fingerprint density at radius 2 is 1.77 bits per heavy atom. The van der Waals surface area contributed by atoms with Gasteiger partial charge in [0.25, 0.3) is 0 Å². The summed E-state index contributed by atoms with van der Waals surface area (Å²) in [6.45, 7) is 10.1. The van der Waals surface area contributed by atoms with Gasteiger partial charge in [-0.05, 0) is 53.8 Å². The molecule has 1 aromatic carbocycles. The highest BCUT2D eigenvalue weighted by atomic mass is 79.9. The van der Waals surface area contributed by atoms with Crippen LogP contribution < -0.4 is 5.73 Å². The Morgan fingerprint density at radius 3 is 2.15 bits per heavy atom. The molecule has 0 aliphatic carbocycles. The highest BCUT2D eigenvalue weighted by molar-refractivity contribution is 9.10. The number of aromatic nitrogens is 1. The van der Waals surface area contributed by atoms with Gasteiger partial charge in [0.2, 0.25) is 0 Å². The van der Waals surface area contributed by atoms with Crippen molar-refractivity contribution in [3.63, 3.8) is 0 Å². The molecule has 9 heteroatoms. The lowest BCUT2D eigenvalue weighted by Crippen LogP contribution is -2.21. The van der Waals surface area contributed by atoms with Crippen LogP contribution in [0, 0.1) is 0 Å². The molecule has 1 aromatic heterocycles. The molecule has 0 aliphatic heterocycles. The zero-order valence-electron chi connectivity index (χ0n) is 14.7. The molecule has 2 rings (SSSR count). The summed E-state index contributed by atoms with van der Waals surface area (Å²) >= 11 is 3.07. The third-order valence-electron chi connectivity index (χ3n) is 3.83. The standard InChI is InChI=1S/C11H6BrF3N2O2.C6H15N/c12-8-4-1-2-7(11(13,14)15)17-6(4)3-5(9(8)16)10(18)19;1-4-7(5-2)6-3/h1-3H,16H2,(H,18,19);4-6H2,1-3H3. The van der Waals surface area contributed by atoms with Gasteiger partial charge >= 0.3 is 12.1 Å². The van der Waals surface area contributed by atoms with E-state index in [9.17, 15) is 18.0 Å². The van der Waals surface area contributed by atoms with Crippen molar-refractivity contribution in [1.29, 1.82) is 0 Å². The number of pyridine rings is 1. The second kappa shape index (κ2) is 9.18. The van der Waals surface area contributed by atoms with Crippen molar-refractivity contribution in [3.05, 3.63) is 33.9 Å². The summed E-state index contributed by atoms with van der Waals surface area (Å²) in [5.41, 5.74) is 4.06. The van der Waals surface area contributed by atoms with Gasteiger partial charge in [-0.15, -0.1) is 0 Å². The largest absolute Gasteiger partial charge is 0.478 e. The predicted molar refractivity (Wildman–Crippen MR) is 99.3 cm³/mol. The maximum absolute atomic E-state index is 12.5. The first-order valence-electron chi connectivity index (χ1n) is 7.98. The van der Waals surface area contributed by atoms with Crippen molar-refractivity contribution < 1.29 is 23.1 Å². The normalized spacial score (nSPS) is 11.4. The van der Waals surface area contributed by atoms with E-state index in [-0.39, 0.29) is 21.2 Å². The van der Waals surface area contributed by atoms with E-state index in [2.05, 4.69) is 46.6 Å². The Labute approximate surface area is 158 Å². The number of fused-ring (bicyclic) bond motifs is 1. The fourth-order valence-electron chi connectivity index (χ4n) is 2.25. The van der Waals surface area contributed by atoms with Gasteiger partial charge in [0, 0.05) is 5.39 Å². The number of benzene rings is 1. The van der Waals surface area contributed by atoms with Crippen LogP contribution in [0.5, 0.6) is 0 Å². The first-order valence-corrected chi connectivity index (χ1v) is 8.77. The van der Waals surface area contributed by atoms with Gasteiger partial charge in [-0.3, -0.25) is 0 Å². The molecule has 0 atom stereocenters. The number of carboxylic acid groups (broad SMARTS) is 1. The van der Waals surface area contributed by atoms with Gasteiger partial charge < -0.3 is 15.7 Å². The quantitative estimate of drug-likeness (QED) is 0.683. The summed E-state index contributed by atoms with van der Waals surface area (Å²) in [6.07, 6.45) is -4.59. The average Bonchev–Trinajstić information content (AvgIpc) is 2.58. The summed E-state index contributed by atoms with van der Waals surface area (Å²) in [5.74, 6) is -1.33. The number of nitrogens with zero attached hydrogens (tertiary/aromatic N) is 2. The van der Waals surface area contributed by atoms with E-state index in [1.165, 1.54) is 25.7 Å². The van der Waals surface area contributed by atoms with E-state index in [4.69, 9.17) is 10.8 Å². The number of anilines is 1. The third kappa shape index (κ3) is 5.31. The van der Waals surface area contributed by atoms with Crippen LogP contribution >= 0.6 is 15.9 Å². The van der Waals surface area contributed by atoms with Gasteiger partial charge in [0.1, 0.15) is 5.69 Å². The molecular formula is C17H21BrF3N3O2. The van der Waals surface area contributed by atoms with E-state index in [0.29, 0.717) is 5.39 Å². The number of hydrogen-bond acceptors (Lipinski definition) is 4. The second-order valence-electron chi connectivity index (χ2n) is 5.34. The van der Waals surface area contributed by atoms with Crippen LogP contribution in [-0.2, 0) is 6.18 Å². The van der Waals surface area contributed by atoms with E-state index in [1.54, 1.807) is 0 Å². The number of carbonyl (C=O) groups is 1. The number of alkyl halides is 3. The molecule has 0 fully saturated rings. The number of carboxylic acids is 1. The van der Waals surface area contributed by atoms with Crippen LogP contribution in [0.1, 0.15) is 36.8 Å². The van der Waals surface area contributed by atoms with Gasteiger partial charge in [0.15, 0.2) is 0 Å². The molecule has 5 nitrogen and oxygen atoms in total. The van der Waals surface area contributed by atoms with Crippen LogP contribution in [0.25, 0.3) is 10.9 Å². The van der Waals surface area contributed by atoms with Crippen LogP contribution in [0.2, 0.25) is 0 Å². The molecule has 0 aliphatic rings. The lowest BCUT2D eigenvalue weighted by Gasteiger charge is -2.13. The molecule has 0 spiro atoms. The van der Waals surface area contributed by atoms with Gasteiger partial charge in [-0.2, -0.15) is 13.2 Å². The second-order valence-corrected chi connectivity index (χ2v) is 6.13. The average molecular weight is 436 g/mol. The van der Waals surface area contributed by atoms with Crippen molar-refractivity contribution >= 4 is 38.5 Å². The minimum Gasteiger partial charge on any atom is -0.478 e. The molecule has 26 heavy (non-hydrogen) atoms. The number of halogens is 4. The zero-order chi connectivity index (χ0) is 20.1. The molecule has 0 saturated carbocycles. The Balaban J connectivity index is 0.000000412. The molecule has 0 unspecified atom stereocenters. The Hall–Kier alpha value is -1.87. The molecule has 0 saturated heterocycles. The molecule has 0 bridgehead atoms. The Kier molecular flexibility index (Phi) is 7.83. The van der Waals surface area contributed by atoms with E-state index in [1.807, 2.05) is 0 Å². The van der Waals surface area contributed by atoms with Crippen molar-refractivity contribution in [2.45, 2.75) is 26.9 Å². The van der Waals surface area contributed by atoms with Crippen LogP contribution in [0.3, 0.4) is 0 Å². The van der Waals surface area contributed by atoms with E-state index >= 15 is 0 Å². The van der Waals surface area contributed by atoms with E-state index < -0.39 is 17.8 Å². The molecule has 0 radical (unpaired) electrons. The minimum absolute atomic E-state index is 0.0541. The minimum atomic E-state index is -4.59. The molecule has 0 amide bonds. The monoisotopic (exact) mass is 435 g/mol. The Bertz CT molecular complexity index is 772. The number of hydrogen-bond donors (Lipinski definition) is 2. The fourth-order valence-corrected chi connectivity index (χ4v) is 2.80. The Morgan fingerprint density at radius 1 is 1.23 bits per heavy atom. The van der Waals surface area contributed by atoms with Crippen molar-refractivity contribution in [2.75, 3.05) is 25.4 Å². The lowest BCUT2D eigenvalue weighted by molar-refractivity contribution is -0.140. The topological polar surface area (TPSA) is 79.5 Å². The van der Waals surface area contributed by atoms with Crippen LogP contribution in [0.4, 0.5) is 18.9 Å². The maximum Gasteiger partial charge on any atom is 0.433 e. The lowest BCUT2D eigenvalue weighted by atomic mass is 10.1. The summed E-state index contributed by atoms with van der Waals surface area (Å²) in [4.78, 5) is 16.7. The van der Waals surface area contributed by atoms with Gasteiger partial charge in [0.05, 0.1) is 21.2 Å². The fraction of sp³-hybridized carbons (Fsp3) is 0.412. The highest BCUT2D eigenvalue weighted by Gasteiger charge is 2.32. The molecule has 144 valence electrons. The molecular weight excluding hydrogens is 415 g/mol. The maximum atomic E-state index is 12.5. The number of aromatic carboxylic acids is 1. The first kappa shape index (κ1) is 22.2. The molecule has 1 heterocycles. The summed E-state index contributed by atoms with van der Waals surface area (Å²) in [7, 11) is 0. The van der Waals surface area contributed by atoms with Crippen LogP contribution in [0.15, 0.2) is 22.7 Å². The number of rotatable bonds is 4. The zero-order valence-corrected chi connectivity index (χ0v) is 16.3. The van der Waals surface area contributed by atoms with E-state index in [0.717, 1.165) is 12.1 Å². The first-order chi connectivity index (χ1) is 12.1. The smallest absolute Gasteiger partial charge is 0.433 e. The number of nitrogen functional groups attached to an aromatic ring is 1. The van der Waals surface area contributed by atoms with Crippen LogP contribution in [-0.4, -0.2) is 40.6 Å². The number of nitrogens with two attached hydrogens (primary N) is 1. The van der Waals surface area contributed by atoms with Gasteiger partial charge in [-0.25, -0.2) is 9.78 Å². The summed E-state index contributed by atoms with van der Waals surface area (Å²) < 4.78 is 37.8. The van der Waals surface area contributed by atoms with Crippen molar-refractivity contribution in [2.24, 2.45) is 0 Å². The van der Waals surface area contributed by atoms with Crippen molar-refractivity contribution in [3.8, 4) is 0 Å². The van der Waals surface area contributed by atoms with Crippen molar-refractivity contribution in [1.82, 2.24) is 9.88 Å². The molecule has 2 aromatic rings. The SMILES string of the molecule is CCN(CC)CC.Nc1c(C(=O)O)cc2nc(C(F)(F)F)ccc2c1Br. The third-order valence-corrected chi connectivity index (χ3v) is 4.69. The highest BCUT2D eigenvalue weighted by Crippen LogP contribution is 2.35. The summed E-state index contributed by atoms with van der Waals surface area (Å²) in [5, 5.41) is 9.24. The predicted octanol–water partition coefficient (Wildman–Crippen LogP) is 4.64.